The van der Waals surface area contributed by atoms with Gasteiger partial charge in [-0.1, -0.05) is 30.3 Å². The fraction of sp³-hybridized carbons (Fsp3) is 0.0714. The third kappa shape index (κ3) is 3.54. The van der Waals surface area contributed by atoms with E-state index in [2.05, 4.69) is 15.9 Å². The zero-order valence-corrected chi connectivity index (χ0v) is 11.8. The smallest absolute Gasteiger partial charge is 0.412 e. The van der Waals surface area contributed by atoms with E-state index >= 15 is 0 Å². The molecule has 20 heavy (non-hydrogen) atoms. The Hall–Kier alpha value is -1.95. The second kappa shape index (κ2) is 6.47. The molecule has 0 saturated carbocycles. The summed E-state index contributed by atoms with van der Waals surface area (Å²) in [5.74, 6) is -1.76. The van der Waals surface area contributed by atoms with E-state index in [1.165, 1.54) is 6.07 Å². The van der Waals surface area contributed by atoms with Crippen LogP contribution in [-0.4, -0.2) is 6.09 Å². The molecule has 0 aliphatic heterocycles. The summed E-state index contributed by atoms with van der Waals surface area (Å²) in [6, 6.07) is 11.2. The summed E-state index contributed by atoms with van der Waals surface area (Å²) in [7, 11) is 0. The third-order valence-electron chi connectivity index (χ3n) is 2.48. The lowest BCUT2D eigenvalue weighted by atomic mass is 10.2. The van der Waals surface area contributed by atoms with Crippen LogP contribution in [0, 0.1) is 11.6 Å². The summed E-state index contributed by atoms with van der Waals surface area (Å²) >= 11 is 2.91. The zero-order valence-electron chi connectivity index (χ0n) is 10.2. The van der Waals surface area contributed by atoms with Crippen LogP contribution in [0.4, 0.5) is 19.3 Å². The van der Waals surface area contributed by atoms with Crippen molar-refractivity contribution in [1.29, 1.82) is 0 Å². The first kappa shape index (κ1) is 14.5. The summed E-state index contributed by atoms with van der Waals surface area (Å²) in [5.41, 5.74) is 0.232. The molecule has 104 valence electrons. The molecule has 0 atom stereocenters. The molecule has 2 aromatic rings. The largest absolute Gasteiger partial charge is 0.444 e. The summed E-state index contributed by atoms with van der Waals surface area (Å²) in [4.78, 5) is 11.5. The van der Waals surface area contributed by atoms with E-state index in [9.17, 15) is 13.6 Å². The van der Waals surface area contributed by atoms with Crippen LogP contribution in [0.2, 0.25) is 0 Å². The molecule has 0 heterocycles. The highest BCUT2D eigenvalue weighted by atomic mass is 79.9. The lowest BCUT2D eigenvalue weighted by molar-refractivity contribution is 0.155. The van der Waals surface area contributed by atoms with Crippen molar-refractivity contribution in [3.8, 4) is 0 Å². The van der Waals surface area contributed by atoms with Gasteiger partial charge in [-0.15, -0.1) is 0 Å². The SMILES string of the molecule is O=C(Nc1c(F)ccc(Br)c1F)OCc1ccccc1. The predicted octanol–water partition coefficient (Wildman–Crippen LogP) is 4.48. The normalized spacial score (nSPS) is 10.2. The topological polar surface area (TPSA) is 38.3 Å². The molecule has 6 heteroatoms. The minimum absolute atomic E-state index is 0.0178. The van der Waals surface area contributed by atoms with Crippen molar-refractivity contribution in [3.63, 3.8) is 0 Å². The summed E-state index contributed by atoms with van der Waals surface area (Å²) in [6.45, 7) is 0.0178. The molecule has 2 rings (SSSR count). The number of nitrogens with one attached hydrogen (secondary N) is 1. The van der Waals surface area contributed by atoms with Crippen molar-refractivity contribution >= 4 is 27.7 Å². The molecule has 0 spiro atoms. The van der Waals surface area contributed by atoms with Crippen molar-refractivity contribution in [3.05, 3.63) is 64.1 Å². The van der Waals surface area contributed by atoms with E-state index in [1.807, 2.05) is 11.4 Å². The van der Waals surface area contributed by atoms with E-state index in [4.69, 9.17) is 4.74 Å². The van der Waals surface area contributed by atoms with Crippen LogP contribution in [0.15, 0.2) is 46.9 Å². The number of carbonyl (C=O) groups excluding carboxylic acids is 1. The van der Waals surface area contributed by atoms with Gasteiger partial charge in [-0.2, -0.15) is 0 Å². The molecular formula is C14H10BrF2NO2. The number of halogens is 3. The molecule has 2 aromatic carbocycles. The van der Waals surface area contributed by atoms with Crippen LogP contribution in [0.3, 0.4) is 0 Å². The maximum Gasteiger partial charge on any atom is 0.412 e. The Bertz CT molecular complexity index is 620. The first-order valence-electron chi connectivity index (χ1n) is 5.69. The number of hydrogen-bond acceptors (Lipinski definition) is 2. The molecule has 0 fully saturated rings. The molecule has 0 aliphatic carbocycles. The Balaban J connectivity index is 2.00. The predicted molar refractivity (Wildman–Crippen MR) is 74.3 cm³/mol. The van der Waals surface area contributed by atoms with Gasteiger partial charge in [0.1, 0.15) is 18.1 Å². The van der Waals surface area contributed by atoms with Crippen LogP contribution in [0.25, 0.3) is 0 Å². The quantitative estimate of drug-likeness (QED) is 0.836. The van der Waals surface area contributed by atoms with E-state index in [0.29, 0.717) is 0 Å². The number of carbonyl (C=O) groups is 1. The van der Waals surface area contributed by atoms with E-state index in [1.54, 1.807) is 24.3 Å². The van der Waals surface area contributed by atoms with Crippen molar-refractivity contribution in [2.24, 2.45) is 0 Å². The Labute approximate surface area is 122 Å². The molecule has 0 unspecified atom stereocenters. The highest BCUT2D eigenvalue weighted by Crippen LogP contribution is 2.26. The van der Waals surface area contributed by atoms with Crippen molar-refractivity contribution < 1.29 is 18.3 Å². The Kier molecular flexibility index (Phi) is 4.68. The maximum atomic E-state index is 13.6. The first-order valence-corrected chi connectivity index (χ1v) is 6.48. The lowest BCUT2D eigenvalue weighted by Crippen LogP contribution is -2.15. The average Bonchev–Trinajstić information content (AvgIpc) is 2.46. The van der Waals surface area contributed by atoms with E-state index in [-0.39, 0.29) is 11.1 Å². The number of rotatable bonds is 3. The summed E-state index contributed by atoms with van der Waals surface area (Å²) in [6.07, 6.45) is -0.926. The Morgan fingerprint density at radius 1 is 1.15 bits per heavy atom. The van der Waals surface area contributed by atoms with Crippen LogP contribution in [0.5, 0.6) is 0 Å². The molecule has 0 aliphatic rings. The number of ether oxygens (including phenoxy) is 1. The van der Waals surface area contributed by atoms with Crippen LogP contribution in [0.1, 0.15) is 5.56 Å². The minimum Gasteiger partial charge on any atom is -0.444 e. The van der Waals surface area contributed by atoms with E-state index in [0.717, 1.165) is 11.6 Å². The van der Waals surface area contributed by atoms with Crippen LogP contribution in [-0.2, 0) is 11.3 Å². The Morgan fingerprint density at radius 3 is 2.55 bits per heavy atom. The molecule has 0 saturated heterocycles. The number of hydrogen-bond donors (Lipinski definition) is 1. The van der Waals surface area contributed by atoms with Gasteiger partial charge in [0.05, 0.1) is 4.47 Å². The van der Waals surface area contributed by atoms with Gasteiger partial charge < -0.3 is 4.74 Å². The molecule has 1 N–H and O–H groups in total. The molecule has 0 bridgehead atoms. The fourth-order valence-corrected chi connectivity index (χ4v) is 1.83. The van der Waals surface area contributed by atoms with Gasteiger partial charge in [0.15, 0.2) is 5.82 Å². The second-order valence-electron chi connectivity index (χ2n) is 3.90. The average molecular weight is 342 g/mol. The standard InChI is InChI=1S/C14H10BrF2NO2/c15-10-6-7-11(16)13(12(10)17)18-14(19)20-8-9-4-2-1-3-5-9/h1-7H,8H2,(H,18,19). The van der Waals surface area contributed by atoms with Crippen molar-refractivity contribution in [1.82, 2.24) is 0 Å². The highest BCUT2D eigenvalue weighted by Gasteiger charge is 2.15. The van der Waals surface area contributed by atoms with Crippen molar-refractivity contribution in [2.45, 2.75) is 6.61 Å². The highest BCUT2D eigenvalue weighted by molar-refractivity contribution is 9.10. The monoisotopic (exact) mass is 341 g/mol. The lowest BCUT2D eigenvalue weighted by Gasteiger charge is -2.09. The van der Waals surface area contributed by atoms with Gasteiger partial charge in [-0.25, -0.2) is 13.6 Å². The Morgan fingerprint density at radius 2 is 1.85 bits per heavy atom. The van der Waals surface area contributed by atoms with Gasteiger partial charge in [-0.05, 0) is 33.6 Å². The van der Waals surface area contributed by atoms with Crippen LogP contribution < -0.4 is 5.32 Å². The molecule has 1 amide bonds. The maximum absolute atomic E-state index is 13.6. The molecule has 3 nitrogen and oxygen atoms in total. The molecule has 0 radical (unpaired) electrons. The van der Waals surface area contributed by atoms with Crippen LogP contribution >= 0.6 is 15.9 Å². The number of amides is 1. The molecular weight excluding hydrogens is 332 g/mol. The minimum atomic E-state index is -0.926. The first-order chi connectivity index (χ1) is 9.58. The van der Waals surface area contributed by atoms with Gasteiger partial charge in [0, 0.05) is 0 Å². The van der Waals surface area contributed by atoms with Crippen molar-refractivity contribution in [2.75, 3.05) is 5.32 Å². The van der Waals surface area contributed by atoms with Gasteiger partial charge in [-0.3, -0.25) is 5.32 Å². The number of anilines is 1. The van der Waals surface area contributed by atoms with Gasteiger partial charge >= 0.3 is 6.09 Å². The van der Waals surface area contributed by atoms with Gasteiger partial charge in [0.2, 0.25) is 0 Å². The second-order valence-corrected chi connectivity index (χ2v) is 4.76. The third-order valence-corrected chi connectivity index (χ3v) is 3.10. The van der Waals surface area contributed by atoms with Gasteiger partial charge in [0.25, 0.3) is 0 Å². The fourth-order valence-electron chi connectivity index (χ4n) is 1.50. The summed E-state index contributed by atoms with van der Waals surface area (Å²) in [5, 5.41) is 2.05. The zero-order chi connectivity index (χ0) is 14.5. The number of benzene rings is 2. The van der Waals surface area contributed by atoms with E-state index < -0.39 is 23.4 Å². The molecule has 0 aromatic heterocycles. The summed E-state index contributed by atoms with van der Waals surface area (Å²) < 4.78 is 32.0.